The second-order valence-electron chi connectivity index (χ2n) is 4.27. The monoisotopic (exact) mass is 324 g/mol. The first-order valence-corrected chi connectivity index (χ1v) is 6.53. The first kappa shape index (κ1) is 13.6. The molecule has 0 aliphatic rings. The van der Waals surface area contributed by atoms with E-state index in [1.54, 1.807) is 4.57 Å². The van der Waals surface area contributed by atoms with Gasteiger partial charge in [0, 0.05) is 16.2 Å². The summed E-state index contributed by atoms with van der Waals surface area (Å²) in [6.07, 6.45) is 1.81. The number of aliphatic carboxylic acids is 1. The Hall–Kier alpha value is -1.82. The van der Waals surface area contributed by atoms with Crippen molar-refractivity contribution in [1.29, 1.82) is 0 Å². The smallest absolute Gasteiger partial charge is 0.325 e. The molecule has 2 rings (SSSR count). The SMILES string of the molecule is CC(NC(=O)Cn1ccc2ccc(Br)cc21)C(=O)O. The molecule has 1 aromatic carbocycles. The van der Waals surface area contributed by atoms with E-state index >= 15 is 0 Å². The van der Waals surface area contributed by atoms with Crippen LogP contribution in [0.2, 0.25) is 0 Å². The number of carboxylic acids is 1. The summed E-state index contributed by atoms with van der Waals surface area (Å²) in [4.78, 5) is 22.4. The average molecular weight is 325 g/mol. The highest BCUT2D eigenvalue weighted by Crippen LogP contribution is 2.20. The van der Waals surface area contributed by atoms with E-state index < -0.39 is 12.0 Å². The van der Waals surface area contributed by atoms with Gasteiger partial charge in [-0.25, -0.2) is 0 Å². The predicted molar refractivity (Wildman–Crippen MR) is 74.9 cm³/mol. The van der Waals surface area contributed by atoms with Gasteiger partial charge in [-0.05, 0) is 30.5 Å². The van der Waals surface area contributed by atoms with Crippen LogP contribution in [0, 0.1) is 0 Å². The second kappa shape index (κ2) is 5.44. The Kier molecular flexibility index (Phi) is 3.90. The van der Waals surface area contributed by atoms with Crippen LogP contribution in [0.25, 0.3) is 10.9 Å². The van der Waals surface area contributed by atoms with Crippen LogP contribution in [0.4, 0.5) is 0 Å². The minimum absolute atomic E-state index is 0.0948. The van der Waals surface area contributed by atoms with Gasteiger partial charge in [0.25, 0.3) is 0 Å². The molecule has 0 aliphatic carbocycles. The van der Waals surface area contributed by atoms with Gasteiger partial charge in [0.15, 0.2) is 0 Å². The molecule has 0 bridgehead atoms. The first-order chi connectivity index (χ1) is 8.97. The molecular weight excluding hydrogens is 312 g/mol. The van der Waals surface area contributed by atoms with Crippen LogP contribution >= 0.6 is 15.9 Å². The number of nitrogens with zero attached hydrogens (tertiary/aromatic N) is 1. The van der Waals surface area contributed by atoms with Crippen LogP contribution in [0.5, 0.6) is 0 Å². The van der Waals surface area contributed by atoms with Crippen LogP contribution < -0.4 is 5.32 Å². The number of halogens is 1. The van der Waals surface area contributed by atoms with Crippen LogP contribution in [0.3, 0.4) is 0 Å². The molecule has 1 amide bonds. The zero-order valence-corrected chi connectivity index (χ0v) is 11.8. The minimum Gasteiger partial charge on any atom is -0.480 e. The standard InChI is InChI=1S/C13H13BrN2O3/c1-8(13(18)19)15-12(17)7-16-5-4-9-2-3-10(14)6-11(9)16/h2-6,8H,7H2,1H3,(H,15,17)(H,18,19). The molecule has 2 N–H and O–H groups in total. The molecule has 0 spiro atoms. The van der Waals surface area contributed by atoms with E-state index in [0.717, 1.165) is 15.4 Å². The lowest BCUT2D eigenvalue weighted by atomic mass is 10.2. The van der Waals surface area contributed by atoms with Gasteiger partial charge in [-0.2, -0.15) is 0 Å². The van der Waals surface area contributed by atoms with Crippen molar-refractivity contribution in [2.45, 2.75) is 19.5 Å². The fourth-order valence-electron chi connectivity index (χ4n) is 1.80. The number of fused-ring (bicyclic) bond motifs is 1. The highest BCUT2D eigenvalue weighted by Gasteiger charge is 2.14. The molecule has 6 heteroatoms. The summed E-state index contributed by atoms with van der Waals surface area (Å²) >= 11 is 3.39. The molecule has 0 saturated carbocycles. The molecule has 19 heavy (non-hydrogen) atoms. The fraction of sp³-hybridized carbons (Fsp3) is 0.231. The number of carboxylic acid groups (broad SMARTS) is 1. The lowest BCUT2D eigenvalue weighted by Gasteiger charge is -2.10. The summed E-state index contributed by atoms with van der Waals surface area (Å²) in [5.41, 5.74) is 0.924. The van der Waals surface area contributed by atoms with Crippen molar-refractivity contribution < 1.29 is 14.7 Å². The second-order valence-corrected chi connectivity index (χ2v) is 5.19. The summed E-state index contributed by atoms with van der Waals surface area (Å²) in [6, 6.07) is 6.83. The lowest BCUT2D eigenvalue weighted by molar-refractivity contribution is -0.141. The van der Waals surface area contributed by atoms with E-state index in [1.807, 2.05) is 30.5 Å². The summed E-state index contributed by atoms with van der Waals surface area (Å²) in [5, 5.41) is 12.2. The molecular formula is C13H13BrN2O3. The highest BCUT2D eigenvalue weighted by atomic mass is 79.9. The maximum Gasteiger partial charge on any atom is 0.325 e. The van der Waals surface area contributed by atoms with Gasteiger partial charge in [-0.1, -0.05) is 22.0 Å². The third-order valence-electron chi connectivity index (χ3n) is 2.80. The Balaban J connectivity index is 2.15. The Labute approximate surface area is 118 Å². The molecule has 0 radical (unpaired) electrons. The molecule has 0 aliphatic heterocycles. The molecule has 1 unspecified atom stereocenters. The van der Waals surface area contributed by atoms with Gasteiger partial charge in [0.05, 0.1) is 0 Å². The highest BCUT2D eigenvalue weighted by molar-refractivity contribution is 9.10. The van der Waals surface area contributed by atoms with Crippen molar-refractivity contribution >= 4 is 38.7 Å². The first-order valence-electron chi connectivity index (χ1n) is 5.74. The minimum atomic E-state index is -1.05. The topological polar surface area (TPSA) is 71.3 Å². The molecule has 1 aromatic heterocycles. The Morgan fingerprint density at radius 3 is 2.84 bits per heavy atom. The average Bonchev–Trinajstić information content (AvgIpc) is 2.71. The van der Waals surface area contributed by atoms with Gasteiger partial charge < -0.3 is 15.0 Å². The number of rotatable bonds is 4. The van der Waals surface area contributed by atoms with Crippen molar-refractivity contribution in [1.82, 2.24) is 9.88 Å². The van der Waals surface area contributed by atoms with Crippen molar-refractivity contribution in [2.24, 2.45) is 0 Å². The van der Waals surface area contributed by atoms with E-state index in [2.05, 4.69) is 21.2 Å². The molecule has 1 atom stereocenters. The number of benzene rings is 1. The molecule has 0 saturated heterocycles. The van der Waals surface area contributed by atoms with E-state index in [9.17, 15) is 9.59 Å². The van der Waals surface area contributed by atoms with Crippen LogP contribution in [-0.2, 0) is 16.1 Å². The molecule has 100 valence electrons. The summed E-state index contributed by atoms with van der Waals surface area (Å²) in [5.74, 6) is -1.37. The maximum atomic E-state index is 11.7. The van der Waals surface area contributed by atoms with Crippen molar-refractivity contribution in [2.75, 3.05) is 0 Å². The van der Waals surface area contributed by atoms with Crippen LogP contribution in [-0.4, -0.2) is 27.6 Å². The van der Waals surface area contributed by atoms with E-state index in [1.165, 1.54) is 6.92 Å². The van der Waals surface area contributed by atoms with Crippen molar-refractivity contribution in [3.8, 4) is 0 Å². The zero-order valence-electron chi connectivity index (χ0n) is 10.3. The number of amides is 1. The summed E-state index contributed by atoms with van der Waals surface area (Å²) in [6.45, 7) is 1.53. The Morgan fingerprint density at radius 1 is 1.42 bits per heavy atom. The third-order valence-corrected chi connectivity index (χ3v) is 3.29. The number of hydrogen-bond acceptors (Lipinski definition) is 2. The van der Waals surface area contributed by atoms with E-state index in [0.29, 0.717) is 0 Å². The van der Waals surface area contributed by atoms with Gasteiger partial charge in [0.2, 0.25) is 5.91 Å². The van der Waals surface area contributed by atoms with Crippen LogP contribution in [0.15, 0.2) is 34.9 Å². The van der Waals surface area contributed by atoms with E-state index in [4.69, 9.17) is 5.11 Å². The largest absolute Gasteiger partial charge is 0.480 e. The van der Waals surface area contributed by atoms with E-state index in [-0.39, 0.29) is 12.5 Å². The molecule has 5 nitrogen and oxygen atoms in total. The Morgan fingerprint density at radius 2 is 2.16 bits per heavy atom. The van der Waals surface area contributed by atoms with Crippen molar-refractivity contribution in [3.05, 3.63) is 34.9 Å². The number of carbonyl (C=O) groups excluding carboxylic acids is 1. The lowest BCUT2D eigenvalue weighted by Crippen LogP contribution is -2.39. The normalized spacial score (nSPS) is 12.3. The van der Waals surface area contributed by atoms with Gasteiger partial charge >= 0.3 is 5.97 Å². The quantitative estimate of drug-likeness (QED) is 0.903. The number of carbonyl (C=O) groups is 2. The predicted octanol–water partition coefficient (Wildman–Crippen LogP) is 1.99. The Bertz CT molecular complexity index is 636. The summed E-state index contributed by atoms with van der Waals surface area (Å²) in [7, 11) is 0. The number of aromatic nitrogens is 1. The van der Waals surface area contributed by atoms with Crippen LogP contribution in [0.1, 0.15) is 6.92 Å². The van der Waals surface area contributed by atoms with Crippen molar-refractivity contribution in [3.63, 3.8) is 0 Å². The molecule has 1 heterocycles. The third kappa shape index (κ3) is 3.14. The summed E-state index contributed by atoms with van der Waals surface area (Å²) < 4.78 is 2.71. The molecule has 0 fully saturated rings. The zero-order chi connectivity index (χ0) is 14.0. The molecule has 2 aromatic rings. The van der Waals surface area contributed by atoms with Gasteiger partial charge in [0.1, 0.15) is 12.6 Å². The fourth-order valence-corrected chi connectivity index (χ4v) is 2.15. The van der Waals surface area contributed by atoms with Gasteiger partial charge in [-0.3, -0.25) is 9.59 Å². The number of hydrogen-bond donors (Lipinski definition) is 2. The maximum absolute atomic E-state index is 11.7. The van der Waals surface area contributed by atoms with Gasteiger partial charge in [-0.15, -0.1) is 0 Å². The number of nitrogens with one attached hydrogen (secondary N) is 1.